The Morgan fingerprint density at radius 3 is 2.27 bits per heavy atom. The van der Waals surface area contributed by atoms with Gasteiger partial charge in [0, 0.05) is 12.1 Å². The van der Waals surface area contributed by atoms with E-state index in [0.717, 1.165) is 12.1 Å². The summed E-state index contributed by atoms with van der Waals surface area (Å²) >= 11 is 0. The molecule has 0 amide bonds. The third-order valence-electron chi connectivity index (χ3n) is 3.33. The molecule has 0 aromatic rings. The third kappa shape index (κ3) is 1.31. The van der Waals surface area contributed by atoms with Crippen molar-refractivity contribution in [2.75, 3.05) is 6.54 Å². The molecule has 1 heteroatoms. The molecule has 0 radical (unpaired) electrons. The van der Waals surface area contributed by atoms with Crippen molar-refractivity contribution in [3.8, 4) is 0 Å². The Labute approximate surface area is 69.8 Å². The van der Waals surface area contributed by atoms with Gasteiger partial charge in [-0.3, -0.25) is 4.90 Å². The smallest absolute Gasteiger partial charge is 0.00987 e. The van der Waals surface area contributed by atoms with Crippen molar-refractivity contribution < 1.29 is 0 Å². The van der Waals surface area contributed by atoms with Crippen LogP contribution in [-0.4, -0.2) is 23.5 Å². The van der Waals surface area contributed by atoms with Crippen molar-refractivity contribution in [2.24, 2.45) is 0 Å². The molecule has 0 aromatic carbocycles. The number of fused-ring (bicyclic) bond motifs is 2. The minimum absolute atomic E-state index is 0.980. The van der Waals surface area contributed by atoms with Crippen LogP contribution in [0.25, 0.3) is 0 Å². The molecule has 2 unspecified atom stereocenters. The average Bonchev–Trinajstić information content (AvgIpc) is 2.30. The number of rotatable bonds is 2. The van der Waals surface area contributed by atoms with Gasteiger partial charge in [0.1, 0.15) is 0 Å². The molecule has 2 bridgehead atoms. The highest BCUT2D eigenvalue weighted by Gasteiger charge is 2.35. The first-order chi connectivity index (χ1) is 5.42. The van der Waals surface area contributed by atoms with Crippen LogP contribution in [0, 0.1) is 0 Å². The predicted molar refractivity (Wildman–Crippen MR) is 47.7 cm³/mol. The van der Waals surface area contributed by atoms with Gasteiger partial charge in [-0.25, -0.2) is 0 Å². The van der Waals surface area contributed by atoms with E-state index in [1.54, 1.807) is 0 Å². The Morgan fingerprint density at radius 1 is 1.09 bits per heavy atom. The van der Waals surface area contributed by atoms with E-state index in [2.05, 4.69) is 11.8 Å². The zero-order valence-corrected chi connectivity index (χ0v) is 7.55. The summed E-state index contributed by atoms with van der Waals surface area (Å²) in [5.74, 6) is 0. The average molecular weight is 153 g/mol. The molecule has 0 N–H and O–H groups in total. The Kier molecular flexibility index (Phi) is 2.17. The van der Waals surface area contributed by atoms with Crippen LogP contribution >= 0.6 is 0 Å². The highest BCUT2D eigenvalue weighted by Crippen LogP contribution is 2.35. The van der Waals surface area contributed by atoms with E-state index in [0.29, 0.717) is 0 Å². The lowest BCUT2D eigenvalue weighted by Crippen LogP contribution is -2.39. The zero-order chi connectivity index (χ0) is 7.68. The molecule has 0 spiro atoms. The molecule has 0 aliphatic carbocycles. The van der Waals surface area contributed by atoms with Gasteiger partial charge in [0.15, 0.2) is 0 Å². The fourth-order valence-corrected chi connectivity index (χ4v) is 2.85. The SMILES string of the molecule is CCCN1C2CCCC1CC2. The van der Waals surface area contributed by atoms with Crippen molar-refractivity contribution in [3.05, 3.63) is 0 Å². The molecule has 0 aromatic heterocycles. The molecule has 2 aliphatic heterocycles. The minimum atomic E-state index is 0.980. The number of piperidine rings is 1. The van der Waals surface area contributed by atoms with Crippen LogP contribution in [0.2, 0.25) is 0 Å². The summed E-state index contributed by atoms with van der Waals surface area (Å²) in [6, 6.07) is 1.96. The highest BCUT2D eigenvalue weighted by molar-refractivity contribution is 4.91. The molecular weight excluding hydrogens is 134 g/mol. The number of nitrogens with zero attached hydrogens (tertiary/aromatic N) is 1. The third-order valence-corrected chi connectivity index (χ3v) is 3.33. The summed E-state index contributed by atoms with van der Waals surface area (Å²) in [5.41, 5.74) is 0. The van der Waals surface area contributed by atoms with Crippen LogP contribution in [-0.2, 0) is 0 Å². The normalized spacial score (nSPS) is 37.9. The number of hydrogen-bond donors (Lipinski definition) is 0. The fraction of sp³-hybridized carbons (Fsp3) is 1.00. The molecule has 2 aliphatic rings. The molecule has 11 heavy (non-hydrogen) atoms. The molecule has 2 atom stereocenters. The van der Waals surface area contributed by atoms with E-state index in [1.165, 1.54) is 45.1 Å². The minimum Gasteiger partial charge on any atom is -0.297 e. The van der Waals surface area contributed by atoms with E-state index in [1.807, 2.05) is 0 Å². The standard InChI is InChI=1S/C10H19N/c1-2-8-11-9-4-3-5-10(11)7-6-9/h9-10H,2-8H2,1H3. The van der Waals surface area contributed by atoms with E-state index in [9.17, 15) is 0 Å². The van der Waals surface area contributed by atoms with Gasteiger partial charge in [0.05, 0.1) is 0 Å². The maximum absolute atomic E-state index is 2.77. The lowest BCUT2D eigenvalue weighted by atomic mass is 10.0. The summed E-state index contributed by atoms with van der Waals surface area (Å²) < 4.78 is 0. The molecule has 1 nitrogen and oxygen atoms in total. The summed E-state index contributed by atoms with van der Waals surface area (Å²) in [6.45, 7) is 3.66. The van der Waals surface area contributed by atoms with Crippen molar-refractivity contribution in [2.45, 2.75) is 57.5 Å². The van der Waals surface area contributed by atoms with E-state index >= 15 is 0 Å². The fourth-order valence-electron chi connectivity index (χ4n) is 2.85. The first kappa shape index (κ1) is 7.60. The van der Waals surface area contributed by atoms with Gasteiger partial charge in [0.25, 0.3) is 0 Å². The van der Waals surface area contributed by atoms with Crippen LogP contribution in [0.4, 0.5) is 0 Å². The quantitative estimate of drug-likeness (QED) is 0.589. The maximum Gasteiger partial charge on any atom is 0.00987 e. The summed E-state index contributed by atoms with van der Waals surface area (Å²) in [5, 5.41) is 0. The molecule has 2 rings (SSSR count). The van der Waals surface area contributed by atoms with Gasteiger partial charge >= 0.3 is 0 Å². The topological polar surface area (TPSA) is 3.24 Å². The van der Waals surface area contributed by atoms with E-state index < -0.39 is 0 Å². The van der Waals surface area contributed by atoms with Gasteiger partial charge in [-0.1, -0.05) is 13.3 Å². The van der Waals surface area contributed by atoms with Gasteiger partial charge < -0.3 is 0 Å². The Hall–Kier alpha value is -0.0400. The van der Waals surface area contributed by atoms with Gasteiger partial charge in [0.2, 0.25) is 0 Å². The Morgan fingerprint density at radius 2 is 1.73 bits per heavy atom. The molecule has 2 fully saturated rings. The van der Waals surface area contributed by atoms with Crippen LogP contribution in [0.3, 0.4) is 0 Å². The summed E-state index contributed by atoms with van der Waals surface area (Å²) in [7, 11) is 0. The first-order valence-corrected chi connectivity index (χ1v) is 5.17. The second-order valence-electron chi connectivity index (χ2n) is 4.05. The van der Waals surface area contributed by atoms with Crippen molar-refractivity contribution >= 4 is 0 Å². The van der Waals surface area contributed by atoms with Crippen LogP contribution in [0.5, 0.6) is 0 Å². The molecule has 0 saturated carbocycles. The molecule has 2 saturated heterocycles. The predicted octanol–water partition coefficient (Wildman–Crippen LogP) is 2.41. The van der Waals surface area contributed by atoms with Crippen LogP contribution in [0.1, 0.15) is 45.4 Å². The summed E-state index contributed by atoms with van der Waals surface area (Å²) in [6.07, 6.45) is 8.78. The second kappa shape index (κ2) is 3.14. The van der Waals surface area contributed by atoms with Crippen molar-refractivity contribution in [1.29, 1.82) is 0 Å². The molecule has 64 valence electrons. The van der Waals surface area contributed by atoms with Gasteiger partial charge in [-0.05, 0) is 38.6 Å². The largest absolute Gasteiger partial charge is 0.297 e. The van der Waals surface area contributed by atoms with Gasteiger partial charge in [-0.2, -0.15) is 0 Å². The monoisotopic (exact) mass is 153 g/mol. The van der Waals surface area contributed by atoms with Crippen LogP contribution < -0.4 is 0 Å². The maximum atomic E-state index is 2.77. The Bertz CT molecular complexity index is 117. The van der Waals surface area contributed by atoms with Gasteiger partial charge in [-0.15, -0.1) is 0 Å². The highest BCUT2D eigenvalue weighted by atomic mass is 15.2. The summed E-state index contributed by atoms with van der Waals surface area (Å²) in [4.78, 5) is 2.77. The molecule has 2 heterocycles. The van der Waals surface area contributed by atoms with E-state index in [-0.39, 0.29) is 0 Å². The van der Waals surface area contributed by atoms with E-state index in [4.69, 9.17) is 0 Å². The lowest BCUT2D eigenvalue weighted by Gasteiger charge is -2.34. The number of hydrogen-bond acceptors (Lipinski definition) is 1. The zero-order valence-electron chi connectivity index (χ0n) is 7.55. The van der Waals surface area contributed by atoms with Crippen LogP contribution in [0.15, 0.2) is 0 Å². The van der Waals surface area contributed by atoms with Crippen molar-refractivity contribution in [3.63, 3.8) is 0 Å². The Balaban J connectivity index is 1.97. The van der Waals surface area contributed by atoms with Crippen molar-refractivity contribution in [1.82, 2.24) is 4.90 Å². The second-order valence-corrected chi connectivity index (χ2v) is 4.05. The first-order valence-electron chi connectivity index (χ1n) is 5.17. The lowest BCUT2D eigenvalue weighted by molar-refractivity contribution is 0.141. The molecular formula is C10H19N.